The van der Waals surface area contributed by atoms with Gasteiger partial charge in [-0.25, -0.2) is 4.79 Å². The topological polar surface area (TPSA) is 95.5 Å². The van der Waals surface area contributed by atoms with Crippen molar-refractivity contribution in [2.45, 2.75) is 39.3 Å². The van der Waals surface area contributed by atoms with E-state index in [1.165, 1.54) is 0 Å². The fraction of sp³-hybridized carbons (Fsp3) is 0.389. The molecule has 136 valence electrons. The highest BCUT2D eigenvalue weighted by atomic mass is 35.5. The zero-order valence-electron chi connectivity index (χ0n) is 14.5. The molecule has 2 atom stereocenters. The van der Waals surface area contributed by atoms with Crippen LogP contribution >= 0.6 is 11.6 Å². The Morgan fingerprint density at radius 1 is 1.20 bits per heavy atom. The molecule has 6 nitrogen and oxygen atoms in total. The maximum atomic E-state index is 12.5. The zero-order chi connectivity index (χ0) is 19.0. The van der Waals surface area contributed by atoms with Gasteiger partial charge in [0.15, 0.2) is 0 Å². The van der Waals surface area contributed by atoms with Crippen LogP contribution in [0.25, 0.3) is 0 Å². The van der Waals surface area contributed by atoms with E-state index in [9.17, 15) is 19.5 Å². The van der Waals surface area contributed by atoms with E-state index in [1.54, 1.807) is 57.2 Å². The first-order chi connectivity index (χ1) is 11.8. The molecule has 3 N–H and O–H groups in total. The Bertz CT molecular complexity index is 658. The summed E-state index contributed by atoms with van der Waals surface area (Å²) in [6.07, 6.45) is 3.54. The largest absolute Gasteiger partial charge is 0.480 e. The fourth-order valence-electron chi connectivity index (χ4n) is 2.15. The van der Waals surface area contributed by atoms with Crippen molar-refractivity contribution in [2.24, 2.45) is 5.92 Å². The highest BCUT2D eigenvalue weighted by Gasteiger charge is 2.28. The van der Waals surface area contributed by atoms with E-state index in [2.05, 4.69) is 10.6 Å². The SMILES string of the molecule is C/C=C/CC(NC(=O)C(NC(=O)c1ccccc1Cl)C(C)C)C(=O)O. The molecule has 0 saturated heterocycles. The van der Waals surface area contributed by atoms with E-state index >= 15 is 0 Å². The molecule has 0 aliphatic carbocycles. The molecule has 0 spiro atoms. The van der Waals surface area contributed by atoms with Gasteiger partial charge in [0.1, 0.15) is 12.1 Å². The lowest BCUT2D eigenvalue weighted by atomic mass is 10.0. The third-order valence-corrected chi connectivity index (χ3v) is 3.91. The predicted molar refractivity (Wildman–Crippen MR) is 96.5 cm³/mol. The summed E-state index contributed by atoms with van der Waals surface area (Å²) < 4.78 is 0. The number of hydrogen-bond donors (Lipinski definition) is 3. The summed E-state index contributed by atoms with van der Waals surface area (Å²) in [5, 5.41) is 14.6. The minimum Gasteiger partial charge on any atom is -0.480 e. The van der Waals surface area contributed by atoms with Gasteiger partial charge in [-0.15, -0.1) is 0 Å². The Balaban J connectivity index is 2.88. The van der Waals surface area contributed by atoms with E-state index in [0.717, 1.165) is 0 Å². The van der Waals surface area contributed by atoms with E-state index in [4.69, 9.17) is 11.6 Å². The molecule has 0 aromatic heterocycles. The number of nitrogens with one attached hydrogen (secondary N) is 2. The van der Waals surface area contributed by atoms with Crippen LogP contribution in [0.1, 0.15) is 37.6 Å². The Kier molecular flexibility index (Phi) is 8.15. The number of amides is 2. The Hall–Kier alpha value is -2.34. The number of carbonyl (C=O) groups excluding carboxylic acids is 2. The van der Waals surface area contributed by atoms with Crippen LogP contribution < -0.4 is 10.6 Å². The summed E-state index contributed by atoms with van der Waals surface area (Å²) in [5.41, 5.74) is 0.256. The van der Waals surface area contributed by atoms with Crippen molar-refractivity contribution >= 4 is 29.4 Å². The molecule has 0 fully saturated rings. The lowest BCUT2D eigenvalue weighted by Crippen LogP contribution is -2.53. The summed E-state index contributed by atoms with van der Waals surface area (Å²) in [4.78, 5) is 36.1. The minimum atomic E-state index is -1.13. The highest BCUT2D eigenvalue weighted by molar-refractivity contribution is 6.33. The summed E-state index contributed by atoms with van der Waals surface area (Å²) in [6.45, 7) is 5.29. The first-order valence-electron chi connectivity index (χ1n) is 7.97. The van der Waals surface area contributed by atoms with Crippen LogP contribution in [0.5, 0.6) is 0 Å². The van der Waals surface area contributed by atoms with Gasteiger partial charge >= 0.3 is 5.97 Å². The van der Waals surface area contributed by atoms with Crippen LogP contribution in [0.2, 0.25) is 5.02 Å². The number of aliphatic carboxylic acids is 1. The fourth-order valence-corrected chi connectivity index (χ4v) is 2.38. The molecule has 1 aromatic rings. The van der Waals surface area contributed by atoms with Crippen molar-refractivity contribution in [3.8, 4) is 0 Å². The Morgan fingerprint density at radius 3 is 2.36 bits per heavy atom. The molecular formula is C18H23ClN2O4. The van der Waals surface area contributed by atoms with Crippen LogP contribution in [0.3, 0.4) is 0 Å². The molecule has 1 rings (SSSR count). The number of halogens is 1. The number of hydrogen-bond acceptors (Lipinski definition) is 3. The first kappa shape index (κ1) is 20.7. The molecule has 0 bridgehead atoms. The third-order valence-electron chi connectivity index (χ3n) is 3.58. The Morgan fingerprint density at radius 2 is 1.84 bits per heavy atom. The molecular weight excluding hydrogens is 344 g/mol. The normalized spacial score (nSPS) is 13.5. The monoisotopic (exact) mass is 366 g/mol. The van der Waals surface area contributed by atoms with Crippen molar-refractivity contribution in [3.05, 3.63) is 47.0 Å². The van der Waals surface area contributed by atoms with E-state index in [1.807, 2.05) is 0 Å². The van der Waals surface area contributed by atoms with Gasteiger partial charge in [-0.1, -0.05) is 49.7 Å². The Labute approximate surface area is 152 Å². The number of carbonyl (C=O) groups is 3. The predicted octanol–water partition coefficient (Wildman–Crippen LogP) is 2.63. The smallest absolute Gasteiger partial charge is 0.326 e. The molecule has 0 aliphatic rings. The summed E-state index contributed by atoms with van der Waals surface area (Å²) in [7, 11) is 0. The van der Waals surface area contributed by atoms with Crippen LogP contribution in [-0.2, 0) is 9.59 Å². The van der Waals surface area contributed by atoms with Gasteiger partial charge in [0, 0.05) is 0 Å². The average Bonchev–Trinajstić information content (AvgIpc) is 2.55. The maximum absolute atomic E-state index is 12.5. The first-order valence-corrected chi connectivity index (χ1v) is 8.35. The number of carboxylic acids is 1. The number of benzene rings is 1. The highest BCUT2D eigenvalue weighted by Crippen LogP contribution is 2.15. The van der Waals surface area contributed by atoms with Crippen molar-refractivity contribution < 1.29 is 19.5 Å². The molecule has 0 saturated carbocycles. The van der Waals surface area contributed by atoms with Crippen molar-refractivity contribution in [2.75, 3.05) is 0 Å². The minimum absolute atomic E-state index is 0.168. The van der Waals surface area contributed by atoms with Crippen molar-refractivity contribution in [3.63, 3.8) is 0 Å². The molecule has 2 unspecified atom stereocenters. The second kappa shape index (κ2) is 9.84. The molecule has 0 radical (unpaired) electrons. The second-order valence-corrected chi connectivity index (χ2v) is 6.29. The van der Waals surface area contributed by atoms with Gasteiger partial charge in [0.2, 0.25) is 5.91 Å². The van der Waals surface area contributed by atoms with Crippen molar-refractivity contribution in [1.82, 2.24) is 10.6 Å². The molecule has 0 heterocycles. The van der Waals surface area contributed by atoms with E-state index in [-0.39, 0.29) is 22.9 Å². The lowest BCUT2D eigenvalue weighted by molar-refractivity contribution is -0.142. The summed E-state index contributed by atoms with van der Waals surface area (Å²) >= 11 is 6.00. The number of rotatable bonds is 8. The van der Waals surface area contributed by atoms with Gasteiger partial charge in [0.25, 0.3) is 5.91 Å². The summed E-state index contributed by atoms with van der Waals surface area (Å²) in [5.74, 6) is -2.40. The van der Waals surface area contributed by atoms with E-state index in [0.29, 0.717) is 0 Å². The van der Waals surface area contributed by atoms with Crippen LogP contribution in [0, 0.1) is 5.92 Å². The van der Waals surface area contributed by atoms with Crippen LogP contribution in [-0.4, -0.2) is 35.0 Å². The maximum Gasteiger partial charge on any atom is 0.326 e. The lowest BCUT2D eigenvalue weighted by Gasteiger charge is -2.24. The number of allylic oxidation sites excluding steroid dienone is 1. The van der Waals surface area contributed by atoms with Gasteiger partial charge in [0.05, 0.1) is 10.6 Å². The second-order valence-electron chi connectivity index (χ2n) is 5.88. The molecule has 7 heteroatoms. The van der Waals surface area contributed by atoms with Gasteiger partial charge in [-0.05, 0) is 31.4 Å². The zero-order valence-corrected chi connectivity index (χ0v) is 15.2. The molecule has 0 aliphatic heterocycles. The third kappa shape index (κ3) is 6.23. The molecule has 1 aromatic carbocycles. The van der Waals surface area contributed by atoms with Crippen molar-refractivity contribution in [1.29, 1.82) is 0 Å². The van der Waals surface area contributed by atoms with Gasteiger partial charge < -0.3 is 15.7 Å². The molecule has 25 heavy (non-hydrogen) atoms. The number of carboxylic acid groups (broad SMARTS) is 1. The van der Waals surface area contributed by atoms with Gasteiger partial charge in [-0.2, -0.15) is 0 Å². The van der Waals surface area contributed by atoms with Crippen LogP contribution in [0.15, 0.2) is 36.4 Å². The van der Waals surface area contributed by atoms with E-state index < -0.39 is 29.9 Å². The standard InChI is InChI=1S/C18H23ClN2O4/c1-4-5-10-14(18(24)25)20-17(23)15(11(2)3)21-16(22)12-8-6-7-9-13(12)19/h4-9,11,14-15H,10H2,1-3H3,(H,20,23)(H,21,22)(H,24,25)/b5-4+. The quantitative estimate of drug-likeness (QED) is 0.616. The molecule has 2 amide bonds. The average molecular weight is 367 g/mol. The van der Waals surface area contributed by atoms with Crippen LogP contribution in [0.4, 0.5) is 0 Å². The van der Waals surface area contributed by atoms with Gasteiger partial charge in [-0.3, -0.25) is 9.59 Å². The summed E-state index contributed by atoms with van der Waals surface area (Å²) in [6, 6.07) is 4.57.